The third-order valence-corrected chi connectivity index (χ3v) is 8.97. The number of ether oxygens (including phenoxy) is 3. The Balaban J connectivity index is 1.67. The molecule has 6 nitrogen and oxygen atoms in total. The summed E-state index contributed by atoms with van der Waals surface area (Å²) in [5.41, 5.74) is -4.11. The standard InChI is InChI=1S/C36H37F6NO5/c1-33(2,3)48-31(44)27-20-34(24-13-9-6-10-14-24)29(16-15-28(27)43(34)21-22-11-7-5-8-12-22)47-30(32(45)46-4)23-17-25(35(37,38)39)19-26(18-23)36(40,41)42/h5-14,17-19,27-30H,15-16,20-21H2,1-4H3/t27-,28+,29-,30-,34-/m1/s1. The number of methoxy groups -OCH3 is 1. The van der Waals surface area contributed by atoms with Crippen molar-refractivity contribution in [3.8, 4) is 0 Å². The first kappa shape index (κ1) is 35.4. The van der Waals surface area contributed by atoms with E-state index in [1.165, 1.54) is 0 Å². The predicted octanol–water partition coefficient (Wildman–Crippen LogP) is 8.25. The van der Waals surface area contributed by atoms with Gasteiger partial charge in [0, 0.05) is 12.6 Å². The van der Waals surface area contributed by atoms with Gasteiger partial charge in [-0.15, -0.1) is 0 Å². The Kier molecular flexibility index (Phi) is 9.73. The Morgan fingerprint density at radius 1 is 0.854 bits per heavy atom. The van der Waals surface area contributed by atoms with E-state index in [1.807, 2.05) is 42.5 Å². The van der Waals surface area contributed by atoms with Crippen molar-refractivity contribution >= 4 is 11.9 Å². The van der Waals surface area contributed by atoms with E-state index in [1.54, 1.807) is 39.0 Å². The fourth-order valence-corrected chi connectivity index (χ4v) is 7.04. The lowest BCUT2D eigenvalue weighted by atomic mass is 9.78. The van der Waals surface area contributed by atoms with Crippen molar-refractivity contribution in [2.45, 2.75) is 88.3 Å². The molecular weight excluding hydrogens is 640 g/mol. The molecule has 3 aromatic rings. The number of piperidine rings is 1. The zero-order chi connectivity index (χ0) is 35.1. The highest BCUT2D eigenvalue weighted by Gasteiger charge is 2.62. The van der Waals surface area contributed by atoms with Crippen molar-refractivity contribution in [1.82, 2.24) is 4.90 Å². The number of esters is 2. The third-order valence-electron chi connectivity index (χ3n) is 8.97. The zero-order valence-electron chi connectivity index (χ0n) is 26.9. The number of hydrogen-bond acceptors (Lipinski definition) is 6. The second kappa shape index (κ2) is 13.2. The molecule has 0 aliphatic carbocycles. The minimum Gasteiger partial charge on any atom is -0.467 e. The third kappa shape index (κ3) is 7.24. The molecule has 2 saturated heterocycles. The summed E-state index contributed by atoms with van der Waals surface area (Å²) in [6.07, 6.45) is -12.4. The van der Waals surface area contributed by atoms with Crippen molar-refractivity contribution in [2.24, 2.45) is 5.92 Å². The maximum absolute atomic E-state index is 13.9. The molecule has 12 heteroatoms. The number of halogens is 6. The van der Waals surface area contributed by atoms with E-state index in [-0.39, 0.29) is 24.9 Å². The Morgan fingerprint density at radius 3 is 1.94 bits per heavy atom. The molecule has 0 spiro atoms. The van der Waals surface area contributed by atoms with Gasteiger partial charge < -0.3 is 14.2 Å². The molecule has 0 aromatic heterocycles. The van der Waals surface area contributed by atoms with Crippen LogP contribution in [0.5, 0.6) is 0 Å². The first-order valence-corrected chi connectivity index (χ1v) is 15.6. The van der Waals surface area contributed by atoms with Crippen molar-refractivity contribution in [3.63, 3.8) is 0 Å². The van der Waals surface area contributed by atoms with Gasteiger partial charge >= 0.3 is 24.3 Å². The molecule has 258 valence electrons. The largest absolute Gasteiger partial charge is 0.467 e. The van der Waals surface area contributed by atoms with E-state index < -0.39 is 70.2 Å². The second-order valence-electron chi connectivity index (χ2n) is 13.3. The van der Waals surface area contributed by atoms with Crippen LogP contribution >= 0.6 is 0 Å². The molecule has 5 rings (SSSR count). The van der Waals surface area contributed by atoms with E-state index in [4.69, 9.17) is 14.2 Å². The molecule has 0 N–H and O–H groups in total. The molecule has 2 heterocycles. The average Bonchev–Trinajstić information content (AvgIpc) is 3.23. The minimum atomic E-state index is -5.14. The van der Waals surface area contributed by atoms with Gasteiger partial charge in [-0.25, -0.2) is 4.79 Å². The van der Waals surface area contributed by atoms with Crippen LogP contribution in [0.2, 0.25) is 0 Å². The van der Waals surface area contributed by atoms with Crippen molar-refractivity contribution in [3.05, 3.63) is 107 Å². The molecule has 48 heavy (non-hydrogen) atoms. The van der Waals surface area contributed by atoms with E-state index in [9.17, 15) is 35.9 Å². The Morgan fingerprint density at radius 2 is 1.42 bits per heavy atom. The van der Waals surface area contributed by atoms with Gasteiger partial charge in [-0.1, -0.05) is 60.7 Å². The molecule has 0 unspecified atom stereocenters. The first-order chi connectivity index (χ1) is 22.4. The minimum absolute atomic E-state index is 0.00149. The fourth-order valence-electron chi connectivity index (χ4n) is 7.04. The second-order valence-corrected chi connectivity index (χ2v) is 13.3. The molecule has 0 saturated carbocycles. The van der Waals surface area contributed by atoms with Gasteiger partial charge in [0.05, 0.1) is 35.8 Å². The number of benzene rings is 3. The Labute approximate surface area is 275 Å². The van der Waals surface area contributed by atoms with Gasteiger partial charge in [0.25, 0.3) is 0 Å². The summed E-state index contributed by atoms with van der Waals surface area (Å²) in [5.74, 6) is -2.24. The van der Waals surface area contributed by atoms with Crippen LogP contribution < -0.4 is 0 Å². The molecule has 3 aromatic carbocycles. The lowest BCUT2D eigenvalue weighted by Gasteiger charge is -2.50. The van der Waals surface area contributed by atoms with Gasteiger partial charge in [-0.2, -0.15) is 26.3 Å². The van der Waals surface area contributed by atoms with E-state index in [0.717, 1.165) is 12.7 Å². The number of rotatable bonds is 8. The normalized spacial score (nSPS) is 23.8. The monoisotopic (exact) mass is 677 g/mol. The van der Waals surface area contributed by atoms with Crippen LogP contribution in [0.15, 0.2) is 78.9 Å². The molecule has 2 aliphatic rings. The summed E-state index contributed by atoms with van der Waals surface area (Å²) in [4.78, 5) is 29.1. The maximum Gasteiger partial charge on any atom is 0.416 e. The summed E-state index contributed by atoms with van der Waals surface area (Å²) in [6, 6.07) is 19.1. The number of carbonyl (C=O) groups excluding carboxylic acids is 2. The lowest BCUT2D eigenvalue weighted by molar-refractivity contribution is -0.174. The summed E-state index contributed by atoms with van der Waals surface area (Å²) < 4.78 is 100. The summed E-state index contributed by atoms with van der Waals surface area (Å²) in [7, 11) is 0.983. The fraction of sp³-hybridized carbons (Fsp3) is 0.444. The van der Waals surface area contributed by atoms with Crippen LogP contribution in [0.3, 0.4) is 0 Å². The SMILES string of the molecule is COC(=O)[C@H](O[C@@H]1CC[C@H]2[C@H](C(=O)OC(C)(C)C)C[C@]1(c1ccccc1)N2Cc1ccccc1)c1cc(C(F)(F)F)cc(C(F)(F)F)c1. The molecule has 2 fully saturated rings. The highest BCUT2D eigenvalue weighted by molar-refractivity contribution is 5.77. The van der Waals surface area contributed by atoms with Crippen LogP contribution in [0.1, 0.15) is 74.0 Å². The molecule has 0 amide bonds. The van der Waals surface area contributed by atoms with E-state index in [2.05, 4.69) is 4.90 Å². The topological polar surface area (TPSA) is 65.1 Å². The lowest BCUT2D eigenvalue weighted by Crippen LogP contribution is -2.57. The van der Waals surface area contributed by atoms with Crippen LogP contribution in [0.25, 0.3) is 0 Å². The molecule has 2 aliphatic heterocycles. The Bertz CT molecular complexity index is 1570. The van der Waals surface area contributed by atoms with Crippen LogP contribution in [0.4, 0.5) is 26.3 Å². The molecule has 0 radical (unpaired) electrons. The number of alkyl halides is 6. The number of nitrogens with zero attached hydrogens (tertiary/aromatic N) is 1. The molecular formula is C36H37F6NO5. The molecule has 5 atom stereocenters. The Hall–Kier alpha value is -3.90. The van der Waals surface area contributed by atoms with E-state index >= 15 is 0 Å². The van der Waals surface area contributed by atoms with Gasteiger partial charge in [0.1, 0.15) is 5.60 Å². The average molecular weight is 678 g/mol. The number of fused-ring (bicyclic) bond motifs is 2. The molecule has 2 bridgehead atoms. The number of hydrogen-bond donors (Lipinski definition) is 0. The maximum atomic E-state index is 13.9. The zero-order valence-corrected chi connectivity index (χ0v) is 26.9. The highest BCUT2D eigenvalue weighted by Crippen LogP contribution is 2.56. The van der Waals surface area contributed by atoms with Crippen LogP contribution in [-0.4, -0.2) is 41.7 Å². The number of carbonyl (C=O) groups is 2. The summed E-state index contributed by atoms with van der Waals surface area (Å²) >= 11 is 0. The van der Waals surface area contributed by atoms with Crippen molar-refractivity contribution in [2.75, 3.05) is 7.11 Å². The van der Waals surface area contributed by atoms with E-state index in [0.29, 0.717) is 30.7 Å². The predicted molar refractivity (Wildman–Crippen MR) is 163 cm³/mol. The van der Waals surface area contributed by atoms with Gasteiger partial charge in [0.15, 0.2) is 6.10 Å². The van der Waals surface area contributed by atoms with Crippen molar-refractivity contribution in [1.29, 1.82) is 0 Å². The van der Waals surface area contributed by atoms with Gasteiger partial charge in [-0.05, 0) is 74.9 Å². The highest BCUT2D eigenvalue weighted by atomic mass is 19.4. The summed E-state index contributed by atoms with van der Waals surface area (Å²) in [6.45, 7) is 5.62. The van der Waals surface area contributed by atoms with Crippen LogP contribution in [0, 0.1) is 5.92 Å². The van der Waals surface area contributed by atoms with Gasteiger partial charge in [-0.3, -0.25) is 9.69 Å². The van der Waals surface area contributed by atoms with Crippen molar-refractivity contribution < 1.29 is 50.1 Å². The first-order valence-electron chi connectivity index (χ1n) is 15.6. The smallest absolute Gasteiger partial charge is 0.416 e. The van der Waals surface area contributed by atoms with Crippen LogP contribution in [-0.2, 0) is 48.2 Å². The van der Waals surface area contributed by atoms with Gasteiger partial charge in [0.2, 0.25) is 0 Å². The summed E-state index contributed by atoms with van der Waals surface area (Å²) in [5, 5.41) is 0. The quantitative estimate of drug-likeness (QED) is 0.177.